The van der Waals surface area contributed by atoms with Gasteiger partial charge in [0.1, 0.15) is 6.29 Å². The molecule has 0 saturated heterocycles. The summed E-state index contributed by atoms with van der Waals surface area (Å²) in [4.78, 5) is 11.2. The lowest BCUT2D eigenvalue weighted by Gasteiger charge is -2.72. The van der Waals surface area contributed by atoms with Crippen LogP contribution in [0.1, 0.15) is 115 Å². The van der Waals surface area contributed by atoms with E-state index in [1.54, 1.807) is 0 Å². The summed E-state index contributed by atoms with van der Waals surface area (Å²) in [6.45, 7) is 19.8. The second kappa shape index (κ2) is 8.42. The molecule has 0 unspecified atom stereocenters. The summed E-state index contributed by atoms with van der Waals surface area (Å²) >= 11 is 0. The van der Waals surface area contributed by atoms with Crippen LogP contribution in [-0.2, 0) is 0 Å². The van der Waals surface area contributed by atoms with Crippen LogP contribution in [0.15, 0.2) is 42.5 Å². The van der Waals surface area contributed by atoms with Gasteiger partial charge in [-0.3, -0.25) is 4.79 Å². The molecular weight excluding hydrogens is 462 g/mol. The molecule has 9 atom stereocenters. The molecule has 0 spiro atoms. The van der Waals surface area contributed by atoms with Gasteiger partial charge in [-0.1, -0.05) is 77.1 Å². The molecule has 1 aromatic carbocycles. The molecule has 0 amide bonds. The lowest BCUT2D eigenvalue weighted by molar-refractivity contribution is -0.217. The van der Waals surface area contributed by atoms with Crippen molar-refractivity contribution in [2.45, 2.75) is 105 Å². The van der Waals surface area contributed by atoms with E-state index >= 15 is 0 Å². The van der Waals surface area contributed by atoms with Crippen LogP contribution in [0.5, 0.6) is 0 Å². The molecule has 38 heavy (non-hydrogen) atoms. The van der Waals surface area contributed by atoms with Crippen molar-refractivity contribution in [2.75, 3.05) is 0 Å². The Morgan fingerprint density at radius 1 is 0.895 bits per heavy atom. The summed E-state index contributed by atoms with van der Waals surface area (Å²) < 4.78 is 0. The average Bonchev–Trinajstić information content (AvgIpc) is 3.22. The maximum Gasteiger partial charge on any atom is 0.150 e. The molecule has 0 bridgehead atoms. The molecule has 5 aliphatic carbocycles. The zero-order valence-corrected chi connectivity index (χ0v) is 24.9. The standard InChI is InChI=1S/C36H51NO/c1-23(2)26-14-19-36(37)21-20-34(6)28(31(26)36)12-13-30-33(5)17-15-27(25-10-8-24(22-38)9-11-25)32(3,4)29(33)16-18-35(30,34)7/h8-11,15,22,26,28-31H,1,12-14,16-21,37H2,2-7H3/t26-,28+,29-,30+,31+,33-,34+,35+,36-/m0/s1. The third-order valence-corrected chi connectivity index (χ3v) is 14.1. The van der Waals surface area contributed by atoms with Crippen LogP contribution < -0.4 is 5.73 Å². The van der Waals surface area contributed by atoms with Gasteiger partial charge in [0.25, 0.3) is 0 Å². The van der Waals surface area contributed by atoms with Gasteiger partial charge in [0.05, 0.1) is 0 Å². The van der Waals surface area contributed by atoms with Crippen molar-refractivity contribution in [3.8, 4) is 0 Å². The molecule has 6 rings (SSSR count). The van der Waals surface area contributed by atoms with Crippen molar-refractivity contribution in [1.82, 2.24) is 0 Å². The van der Waals surface area contributed by atoms with Crippen LogP contribution >= 0.6 is 0 Å². The van der Waals surface area contributed by atoms with Crippen LogP contribution in [0, 0.1) is 51.2 Å². The molecule has 5 aliphatic rings. The van der Waals surface area contributed by atoms with E-state index < -0.39 is 0 Å². The minimum Gasteiger partial charge on any atom is -0.325 e. The average molecular weight is 514 g/mol. The molecule has 4 fully saturated rings. The molecule has 4 saturated carbocycles. The largest absolute Gasteiger partial charge is 0.325 e. The fraction of sp³-hybridized carbons (Fsp3) is 0.694. The first-order valence-corrected chi connectivity index (χ1v) is 15.5. The normalized spacial score (nSPS) is 47.1. The van der Waals surface area contributed by atoms with Gasteiger partial charge in [-0.2, -0.15) is 0 Å². The molecular formula is C36H51NO. The fourth-order valence-electron chi connectivity index (χ4n) is 12.0. The molecule has 2 N–H and O–H groups in total. The molecule has 0 radical (unpaired) electrons. The van der Waals surface area contributed by atoms with Crippen molar-refractivity contribution in [2.24, 2.45) is 57.0 Å². The topological polar surface area (TPSA) is 43.1 Å². The minimum atomic E-state index is 0.0297. The number of rotatable bonds is 3. The van der Waals surface area contributed by atoms with Crippen molar-refractivity contribution in [1.29, 1.82) is 0 Å². The smallest absolute Gasteiger partial charge is 0.150 e. The Morgan fingerprint density at radius 2 is 1.61 bits per heavy atom. The Kier molecular flexibility index (Phi) is 5.88. The zero-order chi connectivity index (χ0) is 27.3. The predicted molar refractivity (Wildman–Crippen MR) is 159 cm³/mol. The number of nitrogens with two attached hydrogens (primary N) is 1. The van der Waals surface area contributed by atoms with E-state index in [4.69, 9.17) is 5.73 Å². The first-order valence-electron chi connectivity index (χ1n) is 15.5. The molecule has 0 heterocycles. The Hall–Kier alpha value is -1.67. The lowest BCUT2D eigenvalue weighted by atomic mass is 9.33. The molecule has 2 heteroatoms. The van der Waals surface area contributed by atoms with Crippen LogP contribution in [0.3, 0.4) is 0 Å². The van der Waals surface area contributed by atoms with Gasteiger partial charge in [-0.15, -0.1) is 0 Å². The van der Waals surface area contributed by atoms with E-state index in [9.17, 15) is 4.79 Å². The van der Waals surface area contributed by atoms with Crippen LogP contribution in [0.4, 0.5) is 0 Å². The molecule has 0 aromatic heterocycles. The van der Waals surface area contributed by atoms with Gasteiger partial charge in [-0.25, -0.2) is 0 Å². The van der Waals surface area contributed by atoms with E-state index in [0.29, 0.717) is 34.0 Å². The first-order chi connectivity index (χ1) is 17.8. The summed E-state index contributed by atoms with van der Waals surface area (Å²) in [5.74, 6) is 3.38. The van der Waals surface area contributed by atoms with Crippen LogP contribution in [-0.4, -0.2) is 11.8 Å². The highest BCUT2D eigenvalue weighted by Crippen LogP contribution is 2.76. The van der Waals surface area contributed by atoms with E-state index in [1.807, 2.05) is 12.1 Å². The Morgan fingerprint density at radius 3 is 2.26 bits per heavy atom. The summed E-state index contributed by atoms with van der Waals surface area (Å²) in [6, 6.07) is 8.30. The summed E-state index contributed by atoms with van der Waals surface area (Å²) in [7, 11) is 0. The van der Waals surface area contributed by atoms with Gasteiger partial charge in [0.15, 0.2) is 0 Å². The van der Waals surface area contributed by atoms with Gasteiger partial charge in [0, 0.05) is 11.1 Å². The maximum absolute atomic E-state index is 11.2. The highest BCUT2D eigenvalue weighted by atomic mass is 16.1. The van der Waals surface area contributed by atoms with Crippen LogP contribution in [0.2, 0.25) is 0 Å². The Balaban J connectivity index is 1.37. The van der Waals surface area contributed by atoms with E-state index in [1.165, 1.54) is 74.5 Å². The van der Waals surface area contributed by atoms with Crippen molar-refractivity contribution in [3.05, 3.63) is 53.6 Å². The second-order valence-electron chi connectivity index (χ2n) is 15.7. The monoisotopic (exact) mass is 513 g/mol. The van der Waals surface area contributed by atoms with Crippen molar-refractivity contribution < 1.29 is 4.79 Å². The van der Waals surface area contributed by atoms with Crippen molar-refractivity contribution >= 4 is 11.9 Å². The number of carbonyl (C=O) groups excluding carboxylic acids is 1. The number of benzene rings is 1. The number of fused-ring (bicyclic) bond motifs is 7. The Bertz CT molecular complexity index is 1180. The van der Waals surface area contributed by atoms with Crippen LogP contribution in [0.25, 0.3) is 5.57 Å². The quantitative estimate of drug-likeness (QED) is 0.324. The zero-order valence-electron chi connectivity index (χ0n) is 24.9. The van der Waals surface area contributed by atoms with Gasteiger partial charge < -0.3 is 5.73 Å². The lowest BCUT2D eigenvalue weighted by Crippen LogP contribution is -2.67. The number of hydrogen-bond acceptors (Lipinski definition) is 2. The second-order valence-corrected chi connectivity index (χ2v) is 15.7. The van der Waals surface area contributed by atoms with E-state index in [0.717, 1.165) is 23.7 Å². The summed E-state index contributed by atoms with van der Waals surface area (Å²) in [5.41, 5.74) is 13.4. The molecule has 206 valence electrons. The van der Waals surface area contributed by atoms with Gasteiger partial charge in [-0.05, 0) is 127 Å². The number of aldehydes is 1. The minimum absolute atomic E-state index is 0.0297. The van der Waals surface area contributed by atoms with E-state index in [-0.39, 0.29) is 11.0 Å². The van der Waals surface area contributed by atoms with Crippen molar-refractivity contribution in [3.63, 3.8) is 0 Å². The molecule has 0 aliphatic heterocycles. The summed E-state index contributed by atoms with van der Waals surface area (Å²) in [5, 5.41) is 0. The fourth-order valence-corrected chi connectivity index (χ4v) is 12.0. The highest BCUT2D eigenvalue weighted by molar-refractivity contribution is 5.78. The molecule has 1 aromatic rings. The number of carbonyl (C=O) groups is 1. The SMILES string of the molecule is C=C(C)[C@@H]1CC[C@]2(N)CC[C@]3(C)[C@H](CC[C@@H]4[C@@]5(C)CC=C(c6ccc(C=O)cc6)C(C)(C)[C@@H]5CC[C@]43C)[C@@H]12. The third-order valence-electron chi connectivity index (χ3n) is 14.1. The first kappa shape index (κ1) is 26.5. The number of allylic oxidation sites excluding steroid dienone is 3. The summed E-state index contributed by atoms with van der Waals surface area (Å²) in [6.07, 6.45) is 15.0. The number of hydrogen-bond donors (Lipinski definition) is 1. The molecule has 2 nitrogen and oxygen atoms in total. The predicted octanol–water partition coefficient (Wildman–Crippen LogP) is 8.86. The highest BCUT2D eigenvalue weighted by Gasteiger charge is 2.70. The third kappa shape index (κ3) is 3.31. The van der Waals surface area contributed by atoms with Gasteiger partial charge >= 0.3 is 0 Å². The van der Waals surface area contributed by atoms with E-state index in [2.05, 4.69) is 66.3 Å². The van der Waals surface area contributed by atoms with Gasteiger partial charge in [0.2, 0.25) is 0 Å². The maximum atomic E-state index is 11.2. The Labute approximate surface area is 231 Å².